The van der Waals surface area contributed by atoms with Crippen molar-refractivity contribution in [3.05, 3.63) is 42.0 Å². The van der Waals surface area contributed by atoms with Gasteiger partial charge in [0.05, 0.1) is 24.1 Å². The Bertz CT molecular complexity index is 822. The van der Waals surface area contributed by atoms with Crippen molar-refractivity contribution in [2.75, 3.05) is 19.7 Å². The van der Waals surface area contributed by atoms with E-state index >= 15 is 0 Å². The summed E-state index contributed by atoms with van der Waals surface area (Å²) in [5.41, 5.74) is 0.265. The minimum absolute atomic E-state index is 0.0207. The molecule has 1 aliphatic heterocycles. The lowest BCUT2D eigenvalue weighted by molar-refractivity contribution is -0.0908. The number of aromatic hydroxyl groups is 1. The molecule has 4 rings (SSSR count). The SMILES string of the molecule is O=C(NC1CCC2(CC1)CNCCO2)c1nn(-c2cccc(F)c2)cc1O. The van der Waals surface area contributed by atoms with Gasteiger partial charge in [0.25, 0.3) is 5.91 Å². The molecule has 1 aromatic carbocycles. The summed E-state index contributed by atoms with van der Waals surface area (Å²) in [5.74, 6) is -1.07. The van der Waals surface area contributed by atoms with E-state index in [1.54, 1.807) is 12.1 Å². The van der Waals surface area contributed by atoms with E-state index in [0.29, 0.717) is 5.69 Å². The number of amides is 1. The lowest BCUT2D eigenvalue weighted by atomic mass is 9.81. The molecule has 2 aromatic rings. The van der Waals surface area contributed by atoms with E-state index in [1.807, 2.05) is 0 Å². The number of nitrogens with one attached hydrogen (secondary N) is 2. The molecule has 0 unspecified atom stereocenters. The van der Waals surface area contributed by atoms with Crippen LogP contribution in [0.3, 0.4) is 0 Å². The van der Waals surface area contributed by atoms with E-state index in [9.17, 15) is 14.3 Å². The summed E-state index contributed by atoms with van der Waals surface area (Å²) in [5, 5.41) is 20.5. The number of carbonyl (C=O) groups excluding carboxylic acids is 1. The van der Waals surface area contributed by atoms with E-state index in [1.165, 1.54) is 23.0 Å². The fourth-order valence-corrected chi connectivity index (χ4v) is 3.85. The second-order valence-electron chi connectivity index (χ2n) is 7.24. The molecule has 7 nitrogen and oxygen atoms in total. The molecule has 1 saturated heterocycles. The van der Waals surface area contributed by atoms with Gasteiger partial charge in [-0.3, -0.25) is 4.79 Å². The number of morpholine rings is 1. The van der Waals surface area contributed by atoms with Crippen LogP contribution in [0.1, 0.15) is 36.2 Å². The van der Waals surface area contributed by atoms with E-state index < -0.39 is 11.7 Å². The highest BCUT2D eigenvalue weighted by molar-refractivity contribution is 5.95. The summed E-state index contributed by atoms with van der Waals surface area (Å²) in [4.78, 5) is 12.5. The van der Waals surface area contributed by atoms with Crippen molar-refractivity contribution in [2.24, 2.45) is 0 Å². The maximum absolute atomic E-state index is 13.4. The van der Waals surface area contributed by atoms with Crippen LogP contribution in [0.4, 0.5) is 4.39 Å². The predicted octanol–water partition coefficient (Wildman–Crippen LogP) is 1.75. The monoisotopic (exact) mass is 374 g/mol. The highest BCUT2D eigenvalue weighted by Gasteiger charge is 2.38. The first-order chi connectivity index (χ1) is 13.0. The van der Waals surface area contributed by atoms with Gasteiger partial charge >= 0.3 is 0 Å². The Hall–Kier alpha value is -2.45. The largest absolute Gasteiger partial charge is 0.504 e. The predicted molar refractivity (Wildman–Crippen MR) is 96.5 cm³/mol. The molecule has 0 radical (unpaired) electrons. The molecule has 0 atom stereocenters. The fourth-order valence-electron chi connectivity index (χ4n) is 3.85. The summed E-state index contributed by atoms with van der Waals surface area (Å²) in [6.07, 6.45) is 4.71. The van der Waals surface area contributed by atoms with Gasteiger partial charge in [0.2, 0.25) is 0 Å². The zero-order valence-corrected chi connectivity index (χ0v) is 14.9. The highest BCUT2D eigenvalue weighted by atomic mass is 19.1. The van der Waals surface area contributed by atoms with Crippen LogP contribution in [0.25, 0.3) is 5.69 Å². The molecule has 0 bridgehead atoms. The number of carbonyl (C=O) groups is 1. The molecular formula is C19H23FN4O3. The first-order valence-electron chi connectivity index (χ1n) is 9.25. The number of halogens is 1. The Morgan fingerprint density at radius 2 is 2.22 bits per heavy atom. The highest BCUT2D eigenvalue weighted by Crippen LogP contribution is 2.32. The van der Waals surface area contributed by atoms with E-state index in [-0.39, 0.29) is 23.1 Å². The number of ether oxygens (including phenoxy) is 1. The zero-order chi connectivity index (χ0) is 18.9. The van der Waals surface area contributed by atoms with E-state index in [2.05, 4.69) is 15.7 Å². The van der Waals surface area contributed by atoms with Crippen molar-refractivity contribution in [2.45, 2.75) is 37.3 Å². The normalized spacial score (nSPS) is 25.4. The second kappa shape index (κ2) is 7.28. The Labute approximate surface area is 156 Å². The lowest BCUT2D eigenvalue weighted by Gasteiger charge is -2.42. The van der Waals surface area contributed by atoms with E-state index in [4.69, 9.17) is 4.74 Å². The Kier molecular flexibility index (Phi) is 4.84. The number of benzene rings is 1. The quantitative estimate of drug-likeness (QED) is 0.762. The van der Waals surface area contributed by atoms with E-state index in [0.717, 1.165) is 45.4 Å². The number of rotatable bonds is 3. The van der Waals surface area contributed by atoms with Gasteiger partial charge in [-0.15, -0.1) is 0 Å². The van der Waals surface area contributed by atoms with Crippen LogP contribution < -0.4 is 10.6 Å². The van der Waals surface area contributed by atoms with Gasteiger partial charge in [-0.25, -0.2) is 9.07 Å². The summed E-state index contributed by atoms with van der Waals surface area (Å²) in [6.45, 7) is 2.46. The average molecular weight is 374 g/mol. The van der Waals surface area contributed by atoms with Crippen LogP contribution in [0.2, 0.25) is 0 Å². The first kappa shape index (κ1) is 17.9. The third kappa shape index (κ3) is 3.81. The van der Waals surface area contributed by atoms with Crippen LogP contribution in [-0.2, 0) is 4.74 Å². The molecule has 1 aliphatic carbocycles. The van der Waals surface area contributed by atoms with Gasteiger partial charge < -0.3 is 20.5 Å². The molecule has 2 fully saturated rings. The Morgan fingerprint density at radius 3 is 2.93 bits per heavy atom. The first-order valence-corrected chi connectivity index (χ1v) is 9.25. The standard InChI is InChI=1S/C19H23FN4O3/c20-13-2-1-3-15(10-13)24-11-16(25)17(23-24)18(26)22-14-4-6-19(7-5-14)12-21-8-9-27-19/h1-3,10-11,14,21,25H,4-9,12H2,(H,22,26). The summed E-state index contributed by atoms with van der Waals surface area (Å²) in [6, 6.07) is 5.82. The number of nitrogens with zero attached hydrogens (tertiary/aromatic N) is 2. The molecule has 1 spiro atoms. The van der Waals surface area contributed by atoms with Gasteiger partial charge in [0.1, 0.15) is 5.82 Å². The van der Waals surface area contributed by atoms with Gasteiger partial charge in [-0.1, -0.05) is 6.07 Å². The van der Waals surface area contributed by atoms with Crippen LogP contribution in [-0.4, -0.2) is 52.1 Å². The van der Waals surface area contributed by atoms with Crippen LogP contribution >= 0.6 is 0 Å². The third-order valence-corrected chi connectivity index (χ3v) is 5.35. The molecule has 1 amide bonds. The van der Waals surface area contributed by atoms with Crippen LogP contribution in [0, 0.1) is 5.82 Å². The minimum atomic E-state index is -0.425. The van der Waals surface area contributed by atoms with Gasteiger partial charge in [-0.05, 0) is 43.9 Å². The molecule has 27 heavy (non-hydrogen) atoms. The topological polar surface area (TPSA) is 88.4 Å². The third-order valence-electron chi connectivity index (χ3n) is 5.35. The number of hydrogen-bond donors (Lipinski definition) is 3. The molecule has 2 heterocycles. The zero-order valence-electron chi connectivity index (χ0n) is 14.9. The smallest absolute Gasteiger partial charge is 0.275 e. The van der Waals surface area contributed by atoms with Crippen molar-refractivity contribution in [1.29, 1.82) is 0 Å². The average Bonchev–Trinajstić information content (AvgIpc) is 3.06. The van der Waals surface area contributed by atoms with Crippen molar-refractivity contribution in [1.82, 2.24) is 20.4 Å². The molecule has 1 aromatic heterocycles. The van der Waals surface area contributed by atoms with Gasteiger partial charge in [0, 0.05) is 19.1 Å². The molecular weight excluding hydrogens is 351 g/mol. The Morgan fingerprint density at radius 1 is 1.41 bits per heavy atom. The molecule has 8 heteroatoms. The molecule has 2 aliphatic rings. The van der Waals surface area contributed by atoms with Crippen molar-refractivity contribution < 1.29 is 19.0 Å². The Balaban J connectivity index is 1.40. The van der Waals surface area contributed by atoms with Crippen molar-refractivity contribution >= 4 is 5.91 Å². The lowest BCUT2D eigenvalue weighted by Crippen LogP contribution is -2.53. The minimum Gasteiger partial charge on any atom is -0.504 e. The van der Waals surface area contributed by atoms with Crippen LogP contribution in [0.15, 0.2) is 30.5 Å². The van der Waals surface area contributed by atoms with Crippen molar-refractivity contribution in [3.8, 4) is 11.4 Å². The summed E-state index contributed by atoms with van der Waals surface area (Å²) >= 11 is 0. The van der Waals surface area contributed by atoms with Gasteiger partial charge in [-0.2, -0.15) is 5.10 Å². The molecule has 1 saturated carbocycles. The van der Waals surface area contributed by atoms with Crippen LogP contribution in [0.5, 0.6) is 5.75 Å². The molecule has 144 valence electrons. The maximum atomic E-state index is 13.4. The number of aromatic nitrogens is 2. The van der Waals surface area contributed by atoms with Gasteiger partial charge in [0.15, 0.2) is 11.4 Å². The maximum Gasteiger partial charge on any atom is 0.275 e. The second-order valence-corrected chi connectivity index (χ2v) is 7.24. The molecule has 3 N–H and O–H groups in total. The fraction of sp³-hybridized carbons (Fsp3) is 0.474. The number of hydrogen-bond acceptors (Lipinski definition) is 5. The summed E-state index contributed by atoms with van der Waals surface area (Å²) < 4.78 is 20.6. The van der Waals surface area contributed by atoms with Crippen molar-refractivity contribution in [3.63, 3.8) is 0 Å². The summed E-state index contributed by atoms with van der Waals surface area (Å²) in [7, 11) is 0.